The number of ether oxygens (including phenoxy) is 2. The van der Waals surface area contributed by atoms with Crippen LogP contribution in [0.1, 0.15) is 0 Å². The van der Waals surface area contributed by atoms with E-state index in [1.165, 1.54) is 26.4 Å². The number of nitro benzene ring substituents is 1. The van der Waals surface area contributed by atoms with Crippen molar-refractivity contribution in [2.24, 2.45) is 7.05 Å². The Morgan fingerprint density at radius 2 is 1.83 bits per heavy atom. The Morgan fingerprint density at radius 1 is 1.12 bits per heavy atom. The first-order valence-corrected chi connectivity index (χ1v) is 7.29. The van der Waals surface area contributed by atoms with Crippen molar-refractivity contribution >= 4 is 39.1 Å². The first-order valence-electron chi connectivity index (χ1n) is 6.91. The third-order valence-corrected chi connectivity index (χ3v) is 4.27. The van der Waals surface area contributed by atoms with Gasteiger partial charge >= 0.3 is 0 Å². The number of hydrogen-bond donors (Lipinski definition) is 0. The van der Waals surface area contributed by atoms with Crippen molar-refractivity contribution in [1.29, 1.82) is 0 Å². The summed E-state index contributed by atoms with van der Waals surface area (Å²) in [7, 11) is 4.70. The second-order valence-corrected chi connectivity index (χ2v) is 5.60. The van der Waals surface area contributed by atoms with Crippen LogP contribution in [0, 0.1) is 10.1 Å². The Bertz CT molecular complexity index is 1060. The Kier molecular flexibility index (Phi) is 3.81. The van der Waals surface area contributed by atoms with Gasteiger partial charge in [-0.05, 0) is 6.07 Å². The number of rotatable bonds is 3. The molecule has 124 valence electrons. The van der Waals surface area contributed by atoms with Gasteiger partial charge in [0.05, 0.1) is 40.9 Å². The van der Waals surface area contributed by atoms with Gasteiger partial charge in [-0.1, -0.05) is 11.6 Å². The molecule has 3 aromatic rings. The van der Waals surface area contributed by atoms with E-state index in [0.29, 0.717) is 27.9 Å². The zero-order valence-corrected chi connectivity index (χ0v) is 13.9. The fourth-order valence-corrected chi connectivity index (χ4v) is 2.99. The zero-order chi connectivity index (χ0) is 17.6. The molecule has 0 radical (unpaired) electrons. The van der Waals surface area contributed by atoms with Crippen LogP contribution in [0.4, 0.5) is 5.69 Å². The van der Waals surface area contributed by atoms with Crippen LogP contribution in [0.15, 0.2) is 29.1 Å². The van der Waals surface area contributed by atoms with Crippen LogP contribution < -0.4 is 14.9 Å². The van der Waals surface area contributed by atoms with Crippen LogP contribution in [-0.4, -0.2) is 23.7 Å². The standard InChI is InChI=1S/C16H13ClN2O5/c1-18-11-7-10(17)12(19(21)22)6-9(11)16(20)15-13(18)4-8(23-2)5-14(15)24-3/h4-7H,1-3H3. The van der Waals surface area contributed by atoms with Crippen LogP contribution in [0.5, 0.6) is 11.5 Å². The van der Waals surface area contributed by atoms with Crippen molar-refractivity contribution in [3.8, 4) is 11.5 Å². The van der Waals surface area contributed by atoms with Crippen molar-refractivity contribution in [2.45, 2.75) is 0 Å². The van der Waals surface area contributed by atoms with E-state index in [0.717, 1.165) is 0 Å². The van der Waals surface area contributed by atoms with Gasteiger partial charge in [-0.25, -0.2) is 0 Å². The van der Waals surface area contributed by atoms with Crippen LogP contribution in [0.25, 0.3) is 21.8 Å². The lowest BCUT2D eigenvalue weighted by atomic mass is 10.1. The molecule has 0 saturated carbocycles. The van der Waals surface area contributed by atoms with Gasteiger partial charge in [-0.2, -0.15) is 0 Å². The van der Waals surface area contributed by atoms with Crippen LogP contribution in [0.3, 0.4) is 0 Å². The van der Waals surface area contributed by atoms with Gasteiger partial charge < -0.3 is 14.0 Å². The summed E-state index contributed by atoms with van der Waals surface area (Å²) in [4.78, 5) is 23.4. The molecule has 0 saturated heterocycles. The SMILES string of the molecule is COc1cc(OC)c2c(=O)c3cc([N+](=O)[O-])c(Cl)cc3n(C)c2c1. The molecule has 0 aliphatic heterocycles. The molecule has 0 amide bonds. The summed E-state index contributed by atoms with van der Waals surface area (Å²) < 4.78 is 12.3. The van der Waals surface area contributed by atoms with Gasteiger partial charge in [0.15, 0.2) is 0 Å². The Hall–Kier alpha value is -2.80. The fraction of sp³-hybridized carbons (Fsp3) is 0.188. The highest BCUT2D eigenvalue weighted by Gasteiger charge is 2.20. The minimum atomic E-state index is -0.614. The molecule has 1 heterocycles. The van der Waals surface area contributed by atoms with Gasteiger partial charge in [-0.3, -0.25) is 14.9 Å². The number of aromatic nitrogens is 1. The highest BCUT2D eigenvalue weighted by molar-refractivity contribution is 6.33. The smallest absolute Gasteiger partial charge is 0.288 e. The first-order chi connectivity index (χ1) is 11.4. The maximum atomic E-state index is 12.9. The molecule has 0 unspecified atom stereocenters. The number of benzene rings is 2. The summed E-state index contributed by atoms with van der Waals surface area (Å²) in [5.41, 5.74) is 0.387. The highest BCUT2D eigenvalue weighted by Crippen LogP contribution is 2.34. The van der Waals surface area contributed by atoms with Crippen LogP contribution in [-0.2, 0) is 7.05 Å². The normalized spacial score (nSPS) is 11.0. The second-order valence-electron chi connectivity index (χ2n) is 5.19. The van der Waals surface area contributed by atoms with E-state index in [9.17, 15) is 14.9 Å². The molecular weight excluding hydrogens is 336 g/mol. The van der Waals surface area contributed by atoms with Crippen LogP contribution >= 0.6 is 11.6 Å². The van der Waals surface area contributed by atoms with Gasteiger partial charge in [0, 0.05) is 25.2 Å². The summed E-state index contributed by atoms with van der Waals surface area (Å²) in [6.07, 6.45) is 0. The second kappa shape index (κ2) is 5.68. The van der Waals surface area contributed by atoms with E-state index < -0.39 is 4.92 Å². The molecule has 0 fully saturated rings. The molecule has 0 aliphatic carbocycles. The van der Waals surface area contributed by atoms with Gasteiger partial charge in [0.2, 0.25) is 5.43 Å². The van der Waals surface area contributed by atoms with Gasteiger partial charge in [0.1, 0.15) is 16.5 Å². The molecule has 0 bridgehead atoms. The number of hydrogen-bond acceptors (Lipinski definition) is 5. The molecule has 24 heavy (non-hydrogen) atoms. The number of nitro groups is 1. The van der Waals surface area contributed by atoms with E-state index in [-0.39, 0.29) is 21.5 Å². The monoisotopic (exact) mass is 348 g/mol. The summed E-state index contributed by atoms with van der Waals surface area (Å²) in [5.74, 6) is 0.867. The zero-order valence-electron chi connectivity index (χ0n) is 13.1. The Morgan fingerprint density at radius 3 is 2.42 bits per heavy atom. The van der Waals surface area contributed by atoms with E-state index in [1.54, 1.807) is 23.7 Å². The average Bonchev–Trinajstić information content (AvgIpc) is 2.57. The minimum Gasteiger partial charge on any atom is -0.497 e. The van der Waals surface area contributed by atoms with Crippen molar-refractivity contribution < 1.29 is 14.4 Å². The number of nitrogens with zero attached hydrogens (tertiary/aromatic N) is 2. The molecule has 3 rings (SSSR count). The Labute approximate surface area is 141 Å². The fourth-order valence-electron chi connectivity index (χ4n) is 2.76. The van der Waals surface area contributed by atoms with E-state index >= 15 is 0 Å². The average molecular weight is 349 g/mol. The third-order valence-electron chi connectivity index (χ3n) is 3.97. The van der Waals surface area contributed by atoms with E-state index in [1.807, 2.05) is 0 Å². The third kappa shape index (κ3) is 2.25. The molecule has 0 spiro atoms. The lowest BCUT2D eigenvalue weighted by Gasteiger charge is -2.14. The Balaban J connectivity index is 2.58. The van der Waals surface area contributed by atoms with Crippen molar-refractivity contribution in [2.75, 3.05) is 14.2 Å². The van der Waals surface area contributed by atoms with E-state index in [4.69, 9.17) is 21.1 Å². The molecule has 2 aromatic carbocycles. The minimum absolute atomic E-state index is 0.0308. The van der Waals surface area contributed by atoms with Gasteiger partial charge in [0.25, 0.3) is 5.69 Å². The van der Waals surface area contributed by atoms with Crippen LogP contribution in [0.2, 0.25) is 5.02 Å². The number of aryl methyl sites for hydroxylation is 1. The van der Waals surface area contributed by atoms with Crippen molar-refractivity contribution in [1.82, 2.24) is 4.57 Å². The van der Waals surface area contributed by atoms with Gasteiger partial charge in [-0.15, -0.1) is 0 Å². The highest BCUT2D eigenvalue weighted by atomic mass is 35.5. The quantitative estimate of drug-likeness (QED) is 0.412. The molecule has 0 aliphatic rings. The van der Waals surface area contributed by atoms with E-state index in [2.05, 4.69) is 0 Å². The number of fused-ring (bicyclic) bond motifs is 2. The summed E-state index contributed by atoms with van der Waals surface area (Å²) in [5, 5.41) is 11.6. The molecule has 0 atom stereocenters. The maximum Gasteiger partial charge on any atom is 0.288 e. The summed E-state index contributed by atoms with van der Waals surface area (Å²) >= 11 is 5.98. The molecule has 0 N–H and O–H groups in total. The maximum absolute atomic E-state index is 12.9. The summed E-state index contributed by atoms with van der Waals surface area (Å²) in [6, 6.07) is 5.92. The first kappa shape index (κ1) is 16.1. The predicted molar refractivity (Wildman–Crippen MR) is 91.5 cm³/mol. The molecular formula is C16H13ClN2O5. The number of methoxy groups -OCH3 is 2. The largest absolute Gasteiger partial charge is 0.497 e. The molecule has 7 nitrogen and oxygen atoms in total. The van der Waals surface area contributed by atoms with Crippen molar-refractivity contribution in [3.05, 3.63) is 49.6 Å². The topological polar surface area (TPSA) is 83.6 Å². The molecule has 1 aromatic heterocycles. The lowest BCUT2D eigenvalue weighted by molar-refractivity contribution is -0.384. The number of halogens is 1. The summed E-state index contributed by atoms with van der Waals surface area (Å²) in [6.45, 7) is 0. The van der Waals surface area contributed by atoms with Crippen molar-refractivity contribution in [3.63, 3.8) is 0 Å². The number of pyridine rings is 1. The lowest BCUT2D eigenvalue weighted by Crippen LogP contribution is -2.11. The predicted octanol–water partition coefficient (Wildman–Crippen LogP) is 3.27. The molecule has 8 heteroatoms.